The van der Waals surface area contributed by atoms with Crippen molar-refractivity contribution in [2.24, 2.45) is 0 Å². The lowest BCUT2D eigenvalue weighted by atomic mass is 10.2. The highest BCUT2D eigenvalue weighted by atomic mass is 127. The second-order valence-electron chi connectivity index (χ2n) is 2.14. The smallest absolute Gasteiger partial charge is 0.270 e. The number of rotatable bonds is 2. The van der Waals surface area contributed by atoms with Crippen molar-refractivity contribution in [2.45, 2.75) is 6.43 Å². The minimum atomic E-state index is -2.68. The molecule has 0 radical (unpaired) electrons. The van der Waals surface area contributed by atoms with E-state index in [1.807, 2.05) is 22.6 Å². The third-order valence-electron chi connectivity index (χ3n) is 1.40. The summed E-state index contributed by atoms with van der Waals surface area (Å²) >= 11 is 7.36. The number of methoxy groups -OCH3 is 1. The summed E-state index contributed by atoms with van der Waals surface area (Å²) in [5.74, 6) is 0.0931. The highest BCUT2D eigenvalue weighted by Crippen LogP contribution is 2.36. The number of hydrogen-bond donors (Lipinski definition) is 0. The van der Waals surface area contributed by atoms with Gasteiger partial charge in [0, 0.05) is 6.20 Å². The molecule has 6 heteroatoms. The molecule has 0 aliphatic heterocycles. The van der Waals surface area contributed by atoms with Crippen molar-refractivity contribution in [1.29, 1.82) is 0 Å². The summed E-state index contributed by atoms with van der Waals surface area (Å²) in [4.78, 5) is 3.61. The van der Waals surface area contributed by atoms with E-state index in [0.29, 0.717) is 3.57 Å². The molecule has 0 unspecified atom stereocenters. The molecule has 1 rings (SSSR count). The Kier molecular flexibility index (Phi) is 3.66. The third kappa shape index (κ3) is 2.19. The van der Waals surface area contributed by atoms with Crippen molar-refractivity contribution in [3.63, 3.8) is 0 Å². The lowest BCUT2D eigenvalue weighted by Crippen LogP contribution is -1.98. The van der Waals surface area contributed by atoms with Crippen LogP contribution in [0, 0.1) is 3.57 Å². The molecule has 0 saturated carbocycles. The molecule has 0 bridgehead atoms. The van der Waals surface area contributed by atoms with E-state index in [9.17, 15) is 8.78 Å². The molecule has 0 fully saturated rings. The van der Waals surface area contributed by atoms with Gasteiger partial charge in [-0.25, -0.2) is 13.8 Å². The van der Waals surface area contributed by atoms with Gasteiger partial charge in [-0.05, 0) is 22.6 Å². The maximum Gasteiger partial charge on any atom is 0.270 e. The Balaban J connectivity index is 3.35. The van der Waals surface area contributed by atoms with Gasteiger partial charge in [-0.3, -0.25) is 0 Å². The van der Waals surface area contributed by atoms with Crippen LogP contribution in [0.1, 0.15) is 12.0 Å². The van der Waals surface area contributed by atoms with Gasteiger partial charge in [0.2, 0.25) is 0 Å². The van der Waals surface area contributed by atoms with Crippen LogP contribution in [0.25, 0.3) is 0 Å². The highest BCUT2D eigenvalue weighted by Gasteiger charge is 2.21. The summed E-state index contributed by atoms with van der Waals surface area (Å²) in [5, 5.41) is -0.215. The van der Waals surface area contributed by atoms with Crippen LogP contribution in [-0.4, -0.2) is 12.1 Å². The van der Waals surface area contributed by atoms with Crippen LogP contribution >= 0.6 is 34.2 Å². The van der Waals surface area contributed by atoms with Crippen molar-refractivity contribution in [2.75, 3.05) is 7.11 Å². The average Bonchev–Trinajstić information content (AvgIpc) is 2.07. The zero-order valence-corrected chi connectivity index (χ0v) is 9.44. The molecule has 0 aromatic carbocycles. The van der Waals surface area contributed by atoms with E-state index in [1.165, 1.54) is 13.3 Å². The van der Waals surface area contributed by atoms with Crippen LogP contribution in [-0.2, 0) is 0 Å². The van der Waals surface area contributed by atoms with Gasteiger partial charge in [-0.1, -0.05) is 11.6 Å². The third-order valence-corrected chi connectivity index (χ3v) is 2.47. The molecular formula is C7H5ClF2INO. The molecule has 0 aliphatic rings. The Morgan fingerprint density at radius 2 is 2.23 bits per heavy atom. The topological polar surface area (TPSA) is 22.1 Å². The maximum absolute atomic E-state index is 12.4. The van der Waals surface area contributed by atoms with E-state index in [2.05, 4.69) is 4.98 Å². The van der Waals surface area contributed by atoms with Crippen LogP contribution in [0.2, 0.25) is 5.15 Å². The Bertz CT molecular complexity index is 322. The van der Waals surface area contributed by atoms with Gasteiger partial charge in [-0.2, -0.15) is 0 Å². The normalized spacial score (nSPS) is 10.6. The maximum atomic E-state index is 12.4. The second-order valence-corrected chi connectivity index (χ2v) is 3.66. The molecule has 0 N–H and O–H groups in total. The number of aromatic nitrogens is 1. The Morgan fingerprint density at radius 1 is 1.62 bits per heavy atom. The van der Waals surface area contributed by atoms with Gasteiger partial charge in [0.1, 0.15) is 10.9 Å². The zero-order chi connectivity index (χ0) is 10.0. The van der Waals surface area contributed by atoms with Crippen molar-refractivity contribution < 1.29 is 13.5 Å². The van der Waals surface area contributed by atoms with Crippen LogP contribution < -0.4 is 4.74 Å². The van der Waals surface area contributed by atoms with Gasteiger partial charge in [-0.15, -0.1) is 0 Å². The first-order chi connectivity index (χ1) is 6.07. The Hall–Kier alpha value is -0.170. The van der Waals surface area contributed by atoms with Crippen molar-refractivity contribution in [3.8, 4) is 5.75 Å². The molecule has 0 atom stereocenters. The number of ether oxygens (including phenoxy) is 1. The summed E-state index contributed by atoms with van der Waals surface area (Å²) in [6, 6.07) is 0. The molecular weight excluding hydrogens is 314 g/mol. The second kappa shape index (κ2) is 4.36. The largest absolute Gasteiger partial charge is 0.495 e. The van der Waals surface area contributed by atoms with Crippen molar-refractivity contribution >= 4 is 34.2 Å². The van der Waals surface area contributed by atoms with Crippen molar-refractivity contribution in [3.05, 3.63) is 20.5 Å². The summed E-state index contributed by atoms with van der Waals surface area (Å²) in [6.45, 7) is 0. The first-order valence-corrected chi connectivity index (χ1v) is 4.69. The minimum Gasteiger partial charge on any atom is -0.495 e. The molecule has 13 heavy (non-hydrogen) atoms. The standard InChI is InChI=1S/C7H5ClF2INO/c1-13-5-3(11)2-12-6(8)4(5)7(9)10/h2,7H,1H3. The minimum absolute atomic E-state index is 0.0931. The van der Waals surface area contributed by atoms with E-state index in [1.54, 1.807) is 0 Å². The number of pyridine rings is 1. The Labute approximate surface area is 92.4 Å². The van der Waals surface area contributed by atoms with E-state index < -0.39 is 6.43 Å². The number of alkyl halides is 2. The fourth-order valence-electron chi connectivity index (χ4n) is 0.860. The molecule has 0 saturated heterocycles. The highest BCUT2D eigenvalue weighted by molar-refractivity contribution is 14.1. The van der Waals surface area contributed by atoms with Gasteiger partial charge in [0.15, 0.2) is 0 Å². The van der Waals surface area contributed by atoms with Crippen LogP contribution in [0.3, 0.4) is 0 Å². The van der Waals surface area contributed by atoms with Crippen LogP contribution in [0.5, 0.6) is 5.75 Å². The molecule has 0 aliphatic carbocycles. The van der Waals surface area contributed by atoms with E-state index in [0.717, 1.165) is 0 Å². The van der Waals surface area contributed by atoms with E-state index >= 15 is 0 Å². The van der Waals surface area contributed by atoms with E-state index in [4.69, 9.17) is 16.3 Å². The number of nitrogens with zero attached hydrogens (tertiary/aromatic N) is 1. The lowest BCUT2D eigenvalue weighted by molar-refractivity contribution is 0.146. The molecule has 0 amide bonds. The monoisotopic (exact) mass is 319 g/mol. The molecule has 1 aromatic heterocycles. The summed E-state index contributed by atoms with van der Waals surface area (Å²) in [6.07, 6.45) is -1.29. The molecule has 1 heterocycles. The SMILES string of the molecule is COc1c(I)cnc(Cl)c1C(F)F. The summed E-state index contributed by atoms with van der Waals surface area (Å²) in [7, 11) is 1.32. The quantitative estimate of drug-likeness (QED) is 0.616. The predicted octanol–water partition coefficient (Wildman–Crippen LogP) is 3.29. The molecule has 1 aromatic rings. The first kappa shape index (κ1) is 10.9. The van der Waals surface area contributed by atoms with Crippen LogP contribution in [0.4, 0.5) is 8.78 Å². The molecule has 0 spiro atoms. The summed E-state index contributed by atoms with van der Waals surface area (Å²) < 4.78 is 30.2. The Morgan fingerprint density at radius 3 is 2.62 bits per heavy atom. The van der Waals surface area contributed by atoms with Gasteiger partial charge >= 0.3 is 0 Å². The predicted molar refractivity (Wildman–Crippen MR) is 53.5 cm³/mol. The average molecular weight is 319 g/mol. The number of hydrogen-bond acceptors (Lipinski definition) is 2. The zero-order valence-electron chi connectivity index (χ0n) is 6.52. The molecule has 2 nitrogen and oxygen atoms in total. The molecule has 72 valence electrons. The van der Waals surface area contributed by atoms with E-state index in [-0.39, 0.29) is 16.5 Å². The fraction of sp³-hybridized carbons (Fsp3) is 0.286. The number of halogens is 4. The van der Waals surface area contributed by atoms with Gasteiger partial charge < -0.3 is 4.74 Å². The first-order valence-electron chi connectivity index (χ1n) is 3.24. The lowest BCUT2D eigenvalue weighted by Gasteiger charge is -2.10. The van der Waals surface area contributed by atoms with Crippen molar-refractivity contribution in [1.82, 2.24) is 4.98 Å². The fourth-order valence-corrected chi connectivity index (χ4v) is 1.73. The van der Waals surface area contributed by atoms with Crippen LogP contribution in [0.15, 0.2) is 6.20 Å². The van der Waals surface area contributed by atoms with Gasteiger partial charge in [0.25, 0.3) is 6.43 Å². The van der Waals surface area contributed by atoms with Gasteiger partial charge in [0.05, 0.1) is 16.2 Å². The summed E-state index contributed by atoms with van der Waals surface area (Å²) in [5.41, 5.74) is -0.351.